The molecule has 0 heterocycles. The highest BCUT2D eigenvalue weighted by Crippen LogP contribution is 2.30. The molecule has 4 N–H and O–H groups in total. The van der Waals surface area contributed by atoms with Crippen molar-refractivity contribution in [2.24, 2.45) is 0 Å². The molecule has 0 saturated carbocycles. The van der Waals surface area contributed by atoms with Gasteiger partial charge in [-0.25, -0.2) is 0 Å². The highest BCUT2D eigenvalue weighted by Gasteiger charge is 2.30. The zero-order chi connectivity index (χ0) is 24.8. The molecular formula is C17H13F3N6O6S. The SMILES string of the molecule is O=C(CNC(=O)c1ccc([N+](=O)[O-])cc1[N+](=O)[O-])NNC(=S)Nc1cccc(C(F)(F)F)c1. The molecule has 174 valence electrons. The molecule has 0 aliphatic carbocycles. The molecule has 0 spiro atoms. The Kier molecular flexibility index (Phi) is 7.79. The van der Waals surface area contributed by atoms with Crippen LogP contribution in [0.2, 0.25) is 0 Å². The molecule has 33 heavy (non-hydrogen) atoms. The van der Waals surface area contributed by atoms with Crippen LogP contribution in [0.5, 0.6) is 0 Å². The molecule has 2 aromatic rings. The topological polar surface area (TPSA) is 169 Å². The van der Waals surface area contributed by atoms with Crippen molar-refractivity contribution >= 4 is 46.2 Å². The van der Waals surface area contributed by atoms with Gasteiger partial charge in [0, 0.05) is 11.8 Å². The van der Waals surface area contributed by atoms with Gasteiger partial charge in [0.05, 0.1) is 28.0 Å². The zero-order valence-corrected chi connectivity index (χ0v) is 17.0. The summed E-state index contributed by atoms with van der Waals surface area (Å²) in [6.45, 7) is -0.674. The molecule has 0 radical (unpaired) electrons. The van der Waals surface area contributed by atoms with Gasteiger partial charge < -0.3 is 10.6 Å². The average molecular weight is 486 g/mol. The van der Waals surface area contributed by atoms with E-state index >= 15 is 0 Å². The normalized spacial score (nSPS) is 10.6. The van der Waals surface area contributed by atoms with Crippen molar-refractivity contribution in [3.63, 3.8) is 0 Å². The number of rotatable bonds is 6. The van der Waals surface area contributed by atoms with Gasteiger partial charge in [-0.15, -0.1) is 0 Å². The molecule has 2 amide bonds. The van der Waals surface area contributed by atoms with Crippen molar-refractivity contribution < 1.29 is 32.6 Å². The van der Waals surface area contributed by atoms with Gasteiger partial charge in [-0.2, -0.15) is 13.2 Å². The van der Waals surface area contributed by atoms with Gasteiger partial charge in [0.1, 0.15) is 5.56 Å². The van der Waals surface area contributed by atoms with Gasteiger partial charge in [0.2, 0.25) is 0 Å². The fourth-order valence-corrected chi connectivity index (χ4v) is 2.51. The van der Waals surface area contributed by atoms with Crippen LogP contribution in [0.15, 0.2) is 42.5 Å². The van der Waals surface area contributed by atoms with Crippen LogP contribution in [0, 0.1) is 20.2 Å². The number of amides is 2. The second kappa shape index (κ2) is 10.3. The molecule has 16 heteroatoms. The van der Waals surface area contributed by atoms with Gasteiger partial charge in [0.25, 0.3) is 23.2 Å². The van der Waals surface area contributed by atoms with Crippen LogP contribution in [-0.4, -0.2) is 33.3 Å². The standard InChI is InChI=1S/C17H13F3N6O6S/c18-17(19,20)9-2-1-3-10(6-9)22-16(33)24-23-14(27)8-21-15(28)12-5-4-11(25(29)30)7-13(12)26(31)32/h1-7H,8H2,(H,21,28)(H,23,27)(H2,22,24,33). The molecule has 0 atom stereocenters. The predicted octanol–water partition coefficient (Wildman–Crippen LogP) is 2.27. The summed E-state index contributed by atoms with van der Waals surface area (Å²) in [5, 5.41) is 26.0. The van der Waals surface area contributed by atoms with E-state index in [2.05, 4.69) is 21.5 Å². The average Bonchev–Trinajstić information content (AvgIpc) is 2.75. The smallest absolute Gasteiger partial charge is 0.343 e. The van der Waals surface area contributed by atoms with Crippen LogP contribution >= 0.6 is 12.2 Å². The number of carbonyl (C=O) groups excluding carboxylic acids is 2. The largest absolute Gasteiger partial charge is 0.416 e. The maximum Gasteiger partial charge on any atom is 0.416 e. The Labute approximate surface area is 187 Å². The number of halogens is 3. The van der Waals surface area contributed by atoms with Crippen LogP contribution < -0.4 is 21.5 Å². The molecule has 0 aliphatic heterocycles. The lowest BCUT2D eigenvalue weighted by Gasteiger charge is -2.13. The summed E-state index contributed by atoms with van der Waals surface area (Å²) < 4.78 is 38.2. The first-order valence-corrected chi connectivity index (χ1v) is 9.03. The number of nitrogens with one attached hydrogen (secondary N) is 4. The second-order valence-corrected chi connectivity index (χ2v) is 6.51. The van der Waals surface area contributed by atoms with Crippen LogP contribution in [-0.2, 0) is 11.0 Å². The maximum atomic E-state index is 12.7. The molecule has 12 nitrogen and oxygen atoms in total. The van der Waals surface area contributed by atoms with E-state index in [9.17, 15) is 43.0 Å². The minimum Gasteiger partial charge on any atom is -0.343 e. The molecule has 0 saturated heterocycles. The predicted molar refractivity (Wildman–Crippen MR) is 111 cm³/mol. The molecular weight excluding hydrogens is 473 g/mol. The third-order valence-electron chi connectivity index (χ3n) is 3.81. The highest BCUT2D eigenvalue weighted by molar-refractivity contribution is 7.80. The molecule has 2 aromatic carbocycles. The van der Waals surface area contributed by atoms with Crippen molar-refractivity contribution in [3.8, 4) is 0 Å². The van der Waals surface area contributed by atoms with Gasteiger partial charge in [-0.3, -0.25) is 40.7 Å². The van der Waals surface area contributed by atoms with Crippen molar-refractivity contribution in [2.45, 2.75) is 6.18 Å². The van der Waals surface area contributed by atoms with E-state index in [-0.39, 0.29) is 10.8 Å². The number of nitrogens with zero attached hydrogens (tertiary/aromatic N) is 2. The lowest BCUT2D eigenvalue weighted by Crippen LogP contribution is -2.47. The first-order valence-electron chi connectivity index (χ1n) is 8.62. The highest BCUT2D eigenvalue weighted by atomic mass is 32.1. The fourth-order valence-electron chi connectivity index (χ4n) is 2.34. The number of hydrogen-bond donors (Lipinski definition) is 4. The summed E-state index contributed by atoms with van der Waals surface area (Å²) in [4.78, 5) is 43.9. The quantitative estimate of drug-likeness (QED) is 0.272. The third-order valence-corrected chi connectivity index (χ3v) is 4.01. The van der Waals surface area contributed by atoms with E-state index < -0.39 is 56.9 Å². The minimum absolute atomic E-state index is 0.00430. The number of nitro groups is 2. The Balaban J connectivity index is 1.89. The Morgan fingerprint density at radius 1 is 1.00 bits per heavy atom. The third kappa shape index (κ3) is 7.10. The number of hydrogen-bond acceptors (Lipinski definition) is 7. The van der Waals surface area contributed by atoms with Crippen molar-refractivity contribution in [3.05, 3.63) is 73.8 Å². The summed E-state index contributed by atoms with van der Waals surface area (Å²) in [6, 6.07) is 6.49. The number of carbonyl (C=O) groups is 2. The molecule has 2 rings (SSSR count). The van der Waals surface area contributed by atoms with Gasteiger partial charge in [-0.1, -0.05) is 6.07 Å². The van der Waals surface area contributed by atoms with Crippen LogP contribution in [0.3, 0.4) is 0 Å². The number of non-ortho nitro benzene ring substituents is 1. The number of nitro benzene ring substituents is 2. The molecule has 0 unspecified atom stereocenters. The first-order chi connectivity index (χ1) is 15.4. The summed E-state index contributed by atoms with van der Waals surface area (Å²) in [6.07, 6.45) is -4.56. The lowest BCUT2D eigenvalue weighted by molar-refractivity contribution is -0.394. The number of anilines is 1. The molecule has 0 aliphatic rings. The second-order valence-electron chi connectivity index (χ2n) is 6.10. The van der Waals surface area contributed by atoms with Gasteiger partial charge >= 0.3 is 6.18 Å². The van der Waals surface area contributed by atoms with Gasteiger partial charge in [0.15, 0.2) is 5.11 Å². The number of hydrazine groups is 1. The van der Waals surface area contributed by atoms with Crippen molar-refractivity contribution in [1.29, 1.82) is 0 Å². The molecule has 0 aromatic heterocycles. The summed E-state index contributed by atoms with van der Waals surface area (Å²) in [5.41, 5.74) is 1.42. The van der Waals surface area contributed by atoms with E-state index in [4.69, 9.17) is 12.2 Å². The van der Waals surface area contributed by atoms with Crippen LogP contribution in [0.4, 0.5) is 30.2 Å². The summed E-state index contributed by atoms with van der Waals surface area (Å²) >= 11 is 4.85. The number of alkyl halides is 3. The van der Waals surface area contributed by atoms with Gasteiger partial charge in [-0.05, 0) is 36.5 Å². The van der Waals surface area contributed by atoms with E-state index in [1.807, 2.05) is 0 Å². The minimum atomic E-state index is -4.56. The van der Waals surface area contributed by atoms with Crippen molar-refractivity contribution in [1.82, 2.24) is 16.2 Å². The van der Waals surface area contributed by atoms with Crippen LogP contribution in [0.25, 0.3) is 0 Å². The lowest BCUT2D eigenvalue weighted by atomic mass is 10.1. The first kappa shape index (κ1) is 24.9. The van der Waals surface area contributed by atoms with E-state index in [0.29, 0.717) is 6.07 Å². The Morgan fingerprint density at radius 3 is 2.30 bits per heavy atom. The Hall–Kier alpha value is -4.34. The molecule has 0 fully saturated rings. The Morgan fingerprint density at radius 2 is 1.70 bits per heavy atom. The van der Waals surface area contributed by atoms with Crippen molar-refractivity contribution in [2.75, 3.05) is 11.9 Å². The van der Waals surface area contributed by atoms with E-state index in [1.54, 1.807) is 0 Å². The fraction of sp³-hybridized carbons (Fsp3) is 0.118. The zero-order valence-electron chi connectivity index (χ0n) is 16.1. The van der Waals surface area contributed by atoms with Crippen LogP contribution in [0.1, 0.15) is 15.9 Å². The maximum absolute atomic E-state index is 12.7. The van der Waals surface area contributed by atoms with E-state index in [0.717, 1.165) is 30.3 Å². The summed E-state index contributed by atoms with van der Waals surface area (Å²) in [7, 11) is 0. The Bertz CT molecular complexity index is 1130. The van der Waals surface area contributed by atoms with E-state index in [1.165, 1.54) is 6.07 Å². The summed E-state index contributed by atoms with van der Waals surface area (Å²) in [5.74, 6) is -1.91. The number of thiocarbonyl (C=S) groups is 1. The monoisotopic (exact) mass is 486 g/mol. The molecule has 0 bridgehead atoms. The number of benzene rings is 2.